The number of oxime groups is 1. The van der Waals surface area contributed by atoms with Crippen LogP contribution in [0.25, 0.3) is 0 Å². The number of rotatable bonds is 7. The Balaban J connectivity index is 2.19. The first kappa shape index (κ1) is 17.9. The van der Waals surface area contributed by atoms with Gasteiger partial charge in [0, 0.05) is 11.1 Å². The summed E-state index contributed by atoms with van der Waals surface area (Å²) in [6.07, 6.45) is 1.55. The van der Waals surface area contributed by atoms with Gasteiger partial charge >= 0.3 is 7.60 Å². The van der Waals surface area contributed by atoms with Gasteiger partial charge in [-0.1, -0.05) is 65.8 Å². The Bertz CT molecular complexity index is 714. The van der Waals surface area contributed by atoms with Crippen LogP contribution in [0, 0.1) is 0 Å². The predicted octanol–water partition coefficient (Wildman–Crippen LogP) is 4.58. The normalized spacial score (nSPS) is 18.9. The van der Waals surface area contributed by atoms with Crippen molar-refractivity contribution >= 4 is 13.8 Å². The lowest BCUT2D eigenvalue weighted by Gasteiger charge is -2.36. The first-order valence-corrected chi connectivity index (χ1v) is 10.00. The summed E-state index contributed by atoms with van der Waals surface area (Å²) in [6.45, 7) is 4.15. The Morgan fingerprint density at radius 1 is 0.960 bits per heavy atom. The van der Waals surface area contributed by atoms with Gasteiger partial charge < -0.3 is 13.9 Å². The fourth-order valence-electron chi connectivity index (χ4n) is 3.18. The summed E-state index contributed by atoms with van der Waals surface area (Å²) in [6, 6.07) is 19.3. The molecule has 0 amide bonds. The maximum absolute atomic E-state index is 13.6. The molecule has 6 heteroatoms. The van der Waals surface area contributed by atoms with Crippen molar-refractivity contribution in [2.45, 2.75) is 25.1 Å². The van der Waals surface area contributed by atoms with Gasteiger partial charge in [0.2, 0.25) is 5.60 Å². The van der Waals surface area contributed by atoms with E-state index in [1.807, 2.05) is 60.7 Å². The third-order valence-electron chi connectivity index (χ3n) is 4.18. The van der Waals surface area contributed by atoms with Crippen molar-refractivity contribution < 1.29 is 18.5 Å². The van der Waals surface area contributed by atoms with Gasteiger partial charge in [0.1, 0.15) is 0 Å². The predicted molar refractivity (Wildman–Crippen MR) is 97.9 cm³/mol. The summed E-state index contributed by atoms with van der Waals surface area (Å²) in [7, 11) is -3.49. The van der Waals surface area contributed by atoms with Gasteiger partial charge in [0.05, 0.1) is 19.4 Å². The molecule has 3 rings (SSSR count). The minimum atomic E-state index is -3.49. The maximum atomic E-state index is 13.6. The topological polar surface area (TPSA) is 57.1 Å². The summed E-state index contributed by atoms with van der Waals surface area (Å²) < 4.78 is 24.8. The molecular weight excluding hydrogens is 337 g/mol. The smallest absolute Gasteiger partial charge is 0.344 e. The summed E-state index contributed by atoms with van der Waals surface area (Å²) in [5.41, 5.74) is -0.0288. The van der Waals surface area contributed by atoms with Crippen LogP contribution in [0.4, 0.5) is 0 Å². The highest BCUT2D eigenvalue weighted by Crippen LogP contribution is 2.62. The van der Waals surface area contributed by atoms with Gasteiger partial charge in [0.25, 0.3) is 0 Å². The average Bonchev–Trinajstić information content (AvgIpc) is 3.10. The first-order valence-electron chi connectivity index (χ1n) is 8.39. The second-order valence-corrected chi connectivity index (χ2v) is 7.79. The van der Waals surface area contributed by atoms with Crippen LogP contribution >= 0.6 is 7.60 Å². The summed E-state index contributed by atoms with van der Waals surface area (Å²) in [5.74, 6) is 0. The number of hydrogen-bond donors (Lipinski definition) is 0. The van der Waals surface area contributed by atoms with Gasteiger partial charge in [-0.25, -0.2) is 0 Å². The van der Waals surface area contributed by atoms with E-state index in [1.165, 1.54) is 0 Å². The van der Waals surface area contributed by atoms with Crippen LogP contribution in [0.1, 0.15) is 25.0 Å². The largest absolute Gasteiger partial charge is 0.378 e. The zero-order chi connectivity index (χ0) is 17.8. The van der Waals surface area contributed by atoms with Gasteiger partial charge in [-0.2, -0.15) is 0 Å². The van der Waals surface area contributed by atoms with E-state index in [-0.39, 0.29) is 13.2 Å². The number of benzene rings is 2. The minimum absolute atomic E-state index is 0.279. The Hall–Kier alpha value is -1.94. The van der Waals surface area contributed by atoms with Crippen molar-refractivity contribution in [1.29, 1.82) is 0 Å². The van der Waals surface area contributed by atoms with E-state index in [4.69, 9.17) is 13.9 Å². The van der Waals surface area contributed by atoms with Crippen LogP contribution in [0.15, 0.2) is 65.8 Å². The molecule has 1 aliphatic heterocycles. The standard InChI is InChI=1S/C19H22NO4P/c1-3-22-25(21,23-4-2)18-15-20-24-19(18,16-11-7-5-8-12-16)17-13-9-6-10-14-17/h5-15,18H,3-4H2,1-2H3. The van der Waals surface area contributed by atoms with E-state index in [1.54, 1.807) is 20.1 Å². The fourth-order valence-corrected chi connectivity index (χ4v) is 5.30. The molecule has 1 atom stereocenters. The van der Waals surface area contributed by atoms with Crippen molar-refractivity contribution in [2.24, 2.45) is 5.16 Å². The molecule has 2 aromatic carbocycles. The molecule has 0 spiro atoms. The Kier molecular flexibility index (Phi) is 5.38. The summed E-state index contributed by atoms with van der Waals surface area (Å²) in [4.78, 5) is 5.90. The highest BCUT2D eigenvalue weighted by Gasteiger charge is 2.57. The van der Waals surface area contributed by atoms with Crippen molar-refractivity contribution in [3.8, 4) is 0 Å². The van der Waals surface area contributed by atoms with Crippen molar-refractivity contribution in [3.63, 3.8) is 0 Å². The van der Waals surface area contributed by atoms with Crippen LogP contribution in [0.3, 0.4) is 0 Å². The van der Waals surface area contributed by atoms with Crippen LogP contribution in [-0.2, 0) is 24.1 Å². The lowest BCUT2D eigenvalue weighted by atomic mass is 9.84. The minimum Gasteiger partial charge on any atom is -0.378 e. The fraction of sp³-hybridized carbons (Fsp3) is 0.316. The van der Waals surface area contributed by atoms with E-state index in [0.717, 1.165) is 11.1 Å². The van der Waals surface area contributed by atoms with E-state index < -0.39 is 18.9 Å². The van der Waals surface area contributed by atoms with Crippen LogP contribution in [-0.4, -0.2) is 25.1 Å². The molecule has 132 valence electrons. The maximum Gasteiger partial charge on any atom is 0.344 e. The van der Waals surface area contributed by atoms with E-state index in [9.17, 15) is 4.57 Å². The van der Waals surface area contributed by atoms with Crippen molar-refractivity contribution in [2.75, 3.05) is 13.2 Å². The van der Waals surface area contributed by atoms with Crippen molar-refractivity contribution in [3.05, 3.63) is 71.8 Å². The van der Waals surface area contributed by atoms with Gasteiger partial charge in [-0.3, -0.25) is 4.57 Å². The first-order chi connectivity index (χ1) is 12.2. The third kappa shape index (κ3) is 3.15. The van der Waals surface area contributed by atoms with Crippen LogP contribution < -0.4 is 0 Å². The van der Waals surface area contributed by atoms with E-state index in [0.29, 0.717) is 0 Å². The quantitative estimate of drug-likeness (QED) is 0.679. The molecule has 0 bridgehead atoms. The molecule has 0 fully saturated rings. The molecule has 2 aromatic rings. The third-order valence-corrected chi connectivity index (χ3v) is 6.59. The van der Waals surface area contributed by atoms with E-state index in [2.05, 4.69) is 5.16 Å². The lowest BCUT2D eigenvalue weighted by Crippen LogP contribution is -2.40. The van der Waals surface area contributed by atoms with E-state index >= 15 is 0 Å². The molecule has 1 unspecified atom stereocenters. The Morgan fingerprint density at radius 3 is 1.88 bits per heavy atom. The molecular formula is C19H22NO4P. The summed E-state index contributed by atoms with van der Waals surface area (Å²) >= 11 is 0. The molecule has 0 N–H and O–H groups in total. The second-order valence-electron chi connectivity index (χ2n) is 5.63. The Labute approximate surface area is 148 Å². The Morgan fingerprint density at radius 2 is 1.44 bits per heavy atom. The van der Waals surface area contributed by atoms with Gasteiger partial charge in [-0.15, -0.1) is 0 Å². The molecule has 1 heterocycles. The zero-order valence-corrected chi connectivity index (χ0v) is 15.3. The van der Waals surface area contributed by atoms with Gasteiger partial charge in [-0.05, 0) is 13.8 Å². The number of hydrogen-bond acceptors (Lipinski definition) is 5. The molecule has 0 aliphatic carbocycles. The second kappa shape index (κ2) is 7.52. The molecule has 25 heavy (non-hydrogen) atoms. The zero-order valence-electron chi connectivity index (χ0n) is 14.4. The highest BCUT2D eigenvalue weighted by molar-refractivity contribution is 7.55. The molecule has 5 nitrogen and oxygen atoms in total. The van der Waals surface area contributed by atoms with Crippen LogP contribution in [0.5, 0.6) is 0 Å². The SMILES string of the molecule is CCOP(=O)(OCC)C1C=NOC1(c1ccccc1)c1ccccc1. The molecule has 1 aliphatic rings. The lowest BCUT2D eigenvalue weighted by molar-refractivity contribution is 0.00760. The van der Waals surface area contributed by atoms with Crippen LogP contribution in [0.2, 0.25) is 0 Å². The summed E-state index contributed by atoms with van der Waals surface area (Å²) in [5, 5.41) is 4.04. The highest BCUT2D eigenvalue weighted by atomic mass is 31.2. The van der Waals surface area contributed by atoms with Crippen molar-refractivity contribution in [1.82, 2.24) is 0 Å². The molecule has 0 radical (unpaired) electrons. The average molecular weight is 359 g/mol. The van der Waals surface area contributed by atoms with Gasteiger partial charge in [0.15, 0.2) is 5.66 Å². The molecule has 0 saturated carbocycles. The molecule has 0 saturated heterocycles. The monoisotopic (exact) mass is 359 g/mol. The number of nitrogens with zero attached hydrogens (tertiary/aromatic N) is 1. The molecule has 0 aromatic heterocycles.